The Hall–Kier alpha value is -3.78. The second kappa shape index (κ2) is 12.8. The predicted molar refractivity (Wildman–Crippen MR) is 165 cm³/mol. The number of esters is 1. The van der Waals surface area contributed by atoms with Crippen LogP contribution >= 0.6 is 15.9 Å². The van der Waals surface area contributed by atoms with Gasteiger partial charge in [0, 0.05) is 36.8 Å². The zero-order chi connectivity index (χ0) is 30.7. The van der Waals surface area contributed by atoms with Crippen LogP contribution in [0.3, 0.4) is 0 Å². The third-order valence-electron chi connectivity index (χ3n) is 7.12. The van der Waals surface area contributed by atoms with Crippen molar-refractivity contribution < 1.29 is 31.8 Å². The molecular formula is C30H30BrFN4O6S. The summed E-state index contributed by atoms with van der Waals surface area (Å²) in [5.41, 5.74) is 2.01. The summed E-state index contributed by atoms with van der Waals surface area (Å²) in [6, 6.07) is 14.4. The molecule has 0 aliphatic carbocycles. The first-order valence-corrected chi connectivity index (χ1v) is 15.5. The number of morpholine rings is 1. The summed E-state index contributed by atoms with van der Waals surface area (Å²) in [5, 5.41) is 3.11. The predicted octanol–water partition coefficient (Wildman–Crippen LogP) is 5.33. The molecule has 1 N–H and O–H groups in total. The van der Waals surface area contributed by atoms with Crippen molar-refractivity contribution in [2.45, 2.75) is 11.4 Å². The van der Waals surface area contributed by atoms with Crippen LogP contribution in [0, 0.1) is 5.82 Å². The molecule has 1 aliphatic heterocycles. The molecule has 0 amide bonds. The quantitative estimate of drug-likeness (QED) is 0.236. The number of aromatic nitrogens is 1. The van der Waals surface area contributed by atoms with Crippen LogP contribution < -0.4 is 14.4 Å². The maximum Gasteiger partial charge on any atom is 0.337 e. The zero-order valence-electron chi connectivity index (χ0n) is 23.8. The average molecular weight is 674 g/mol. The molecule has 226 valence electrons. The van der Waals surface area contributed by atoms with E-state index in [9.17, 15) is 13.2 Å². The fraction of sp³-hybridized carbons (Fsp3) is 0.267. The number of carbonyl (C=O) groups is 1. The molecule has 0 radical (unpaired) electrons. The number of ether oxygens (including phenoxy) is 3. The largest absolute Gasteiger partial charge is 0.497 e. The molecule has 5 rings (SSSR count). The van der Waals surface area contributed by atoms with Gasteiger partial charge in [-0.2, -0.15) is 0 Å². The summed E-state index contributed by atoms with van der Waals surface area (Å²) in [6.07, 6.45) is 1.20. The van der Waals surface area contributed by atoms with E-state index in [0.717, 1.165) is 23.0 Å². The number of nitrogens with one attached hydrogen (secondary N) is 1. The van der Waals surface area contributed by atoms with Gasteiger partial charge in [-0.3, -0.25) is 14.2 Å². The average Bonchev–Trinajstić information content (AvgIpc) is 3.00. The Bertz CT molecular complexity index is 1770. The van der Waals surface area contributed by atoms with Crippen molar-refractivity contribution >= 4 is 59.9 Å². The van der Waals surface area contributed by atoms with E-state index in [0.29, 0.717) is 41.4 Å². The molecule has 3 aromatic carbocycles. The second-order valence-corrected chi connectivity index (χ2v) is 12.7. The minimum absolute atomic E-state index is 0.0188. The first-order chi connectivity index (χ1) is 20.6. The highest BCUT2D eigenvalue weighted by atomic mass is 79.9. The number of nitrogens with zero attached hydrogens (tertiary/aromatic N) is 3. The number of sulfonamides is 1. The van der Waals surface area contributed by atoms with Crippen LogP contribution in [-0.2, 0) is 26.0 Å². The highest BCUT2D eigenvalue weighted by Crippen LogP contribution is 2.38. The zero-order valence-corrected chi connectivity index (χ0v) is 26.2. The van der Waals surface area contributed by atoms with Crippen LogP contribution in [0.4, 0.5) is 21.5 Å². The Morgan fingerprint density at radius 1 is 1.12 bits per heavy atom. The van der Waals surface area contributed by atoms with Gasteiger partial charge in [-0.05, 0) is 60.2 Å². The monoisotopic (exact) mass is 672 g/mol. The van der Waals surface area contributed by atoms with Gasteiger partial charge in [-0.1, -0.05) is 15.9 Å². The summed E-state index contributed by atoms with van der Waals surface area (Å²) >= 11 is 3.29. The molecule has 0 atom stereocenters. The molecule has 2 heterocycles. The van der Waals surface area contributed by atoms with E-state index in [2.05, 4.69) is 31.1 Å². The Morgan fingerprint density at radius 2 is 1.84 bits per heavy atom. The minimum Gasteiger partial charge on any atom is -0.497 e. The van der Waals surface area contributed by atoms with Gasteiger partial charge in [0.05, 0.1) is 61.5 Å². The normalized spacial score (nSPS) is 14.0. The molecule has 0 bridgehead atoms. The first-order valence-electron chi connectivity index (χ1n) is 13.3. The molecule has 0 saturated carbocycles. The lowest BCUT2D eigenvalue weighted by molar-refractivity contribution is 0.0341. The number of anilines is 3. The maximum atomic E-state index is 15.6. The van der Waals surface area contributed by atoms with Crippen molar-refractivity contribution in [2.24, 2.45) is 0 Å². The number of methoxy groups -OCH3 is 2. The summed E-state index contributed by atoms with van der Waals surface area (Å²) in [5.74, 6) is -0.676. The van der Waals surface area contributed by atoms with E-state index in [1.165, 1.54) is 33.5 Å². The molecule has 1 saturated heterocycles. The molecular weight excluding hydrogens is 643 g/mol. The number of rotatable bonds is 9. The van der Waals surface area contributed by atoms with Crippen molar-refractivity contribution in [3.8, 4) is 5.75 Å². The fourth-order valence-corrected chi connectivity index (χ4v) is 6.59. The topological polar surface area (TPSA) is 110 Å². The Balaban J connectivity index is 1.64. The lowest BCUT2D eigenvalue weighted by atomic mass is 10.1. The van der Waals surface area contributed by atoms with Gasteiger partial charge in [0.15, 0.2) is 0 Å². The maximum absolute atomic E-state index is 15.6. The number of pyridine rings is 1. The Morgan fingerprint density at radius 3 is 2.51 bits per heavy atom. The summed E-state index contributed by atoms with van der Waals surface area (Å²) in [6.45, 7) is 3.17. The SMILES string of the molecule is COC(=O)c1cc(CN2CCOCC2)cc(Nc2c(S(=O)(=O)N(C)c3ccc(OC)cc3)cnc3cc(Br)cc(F)c23)c1. The van der Waals surface area contributed by atoms with Gasteiger partial charge in [-0.15, -0.1) is 0 Å². The molecule has 1 aromatic heterocycles. The van der Waals surface area contributed by atoms with Crippen molar-refractivity contribution in [2.75, 3.05) is 57.2 Å². The lowest BCUT2D eigenvalue weighted by Crippen LogP contribution is -2.35. The first kappa shape index (κ1) is 30.7. The van der Waals surface area contributed by atoms with E-state index >= 15 is 4.39 Å². The number of hydrogen-bond acceptors (Lipinski definition) is 9. The number of hydrogen-bond donors (Lipinski definition) is 1. The van der Waals surface area contributed by atoms with Gasteiger partial charge in [0.1, 0.15) is 16.5 Å². The van der Waals surface area contributed by atoms with E-state index in [-0.39, 0.29) is 27.0 Å². The molecule has 4 aromatic rings. The van der Waals surface area contributed by atoms with Crippen molar-refractivity contribution in [3.05, 3.63) is 82.2 Å². The van der Waals surface area contributed by atoms with Crippen LogP contribution in [0.2, 0.25) is 0 Å². The van der Waals surface area contributed by atoms with Crippen molar-refractivity contribution in [1.82, 2.24) is 9.88 Å². The molecule has 1 fully saturated rings. The number of benzene rings is 3. The number of fused-ring (bicyclic) bond motifs is 1. The standard InChI is InChI=1S/C30H30BrFN4O6S/c1-35(23-4-6-24(40-2)7-5-23)43(38,39)27-17-33-26-16-21(31)15-25(32)28(26)29(27)34-22-13-19(12-20(14-22)30(37)41-3)18-36-8-10-42-11-9-36/h4-7,12-17H,8-11,18H2,1-3H3,(H,33,34). The highest BCUT2D eigenvalue weighted by molar-refractivity contribution is 9.10. The van der Waals surface area contributed by atoms with E-state index in [4.69, 9.17) is 14.2 Å². The van der Waals surface area contributed by atoms with Crippen molar-refractivity contribution in [3.63, 3.8) is 0 Å². The summed E-state index contributed by atoms with van der Waals surface area (Å²) in [7, 11) is -0.0635. The fourth-order valence-electron chi connectivity index (χ4n) is 4.88. The molecule has 0 unspecified atom stereocenters. The molecule has 13 heteroatoms. The van der Waals surface area contributed by atoms with Gasteiger partial charge >= 0.3 is 5.97 Å². The second-order valence-electron chi connectivity index (χ2n) is 9.87. The highest BCUT2D eigenvalue weighted by Gasteiger charge is 2.28. The van der Waals surface area contributed by atoms with Crippen LogP contribution in [0.25, 0.3) is 10.9 Å². The Kier molecular flexibility index (Phi) is 9.16. The van der Waals surface area contributed by atoms with Gasteiger partial charge in [-0.25, -0.2) is 17.6 Å². The minimum atomic E-state index is -4.27. The van der Waals surface area contributed by atoms with Crippen LogP contribution in [-0.4, -0.2) is 71.8 Å². The lowest BCUT2D eigenvalue weighted by Gasteiger charge is -2.27. The molecule has 0 spiro atoms. The van der Waals surface area contributed by atoms with Crippen LogP contribution in [0.1, 0.15) is 15.9 Å². The summed E-state index contributed by atoms with van der Waals surface area (Å²) < 4.78 is 60.9. The number of carbonyl (C=O) groups excluding carboxylic acids is 1. The van der Waals surface area contributed by atoms with E-state index in [1.54, 1.807) is 48.5 Å². The molecule has 1 aliphatic rings. The van der Waals surface area contributed by atoms with Gasteiger partial charge in [0.2, 0.25) is 0 Å². The van der Waals surface area contributed by atoms with Crippen molar-refractivity contribution in [1.29, 1.82) is 0 Å². The summed E-state index contributed by atoms with van der Waals surface area (Å²) in [4.78, 5) is 18.8. The third-order valence-corrected chi connectivity index (χ3v) is 9.37. The third kappa shape index (κ3) is 6.59. The smallest absolute Gasteiger partial charge is 0.337 e. The number of halogens is 2. The molecule has 43 heavy (non-hydrogen) atoms. The van der Waals surface area contributed by atoms with Crippen LogP contribution in [0.5, 0.6) is 5.75 Å². The van der Waals surface area contributed by atoms with Gasteiger partial charge in [0.25, 0.3) is 10.0 Å². The van der Waals surface area contributed by atoms with Gasteiger partial charge < -0.3 is 19.5 Å². The van der Waals surface area contributed by atoms with Crippen LogP contribution in [0.15, 0.2) is 70.2 Å². The van der Waals surface area contributed by atoms with E-state index in [1.807, 2.05) is 0 Å². The Labute approximate surface area is 257 Å². The van der Waals surface area contributed by atoms with E-state index < -0.39 is 21.8 Å². The molecule has 10 nitrogen and oxygen atoms in total.